The van der Waals surface area contributed by atoms with Crippen LogP contribution < -0.4 is 0 Å². The highest BCUT2D eigenvalue weighted by atomic mass is 16.5. The zero-order chi connectivity index (χ0) is 18.6. The fourth-order valence-corrected chi connectivity index (χ4v) is 7.24. The average molecular weight is 362 g/mol. The summed E-state index contributed by atoms with van der Waals surface area (Å²) in [6.45, 7) is 11.1. The SMILES string of the molecule is CC1(C)C=CCC(C)(C)N1CC(O)COCC12CC3CC(CC(C3)C1)C2. The maximum atomic E-state index is 10.7. The van der Waals surface area contributed by atoms with Crippen molar-refractivity contribution in [3.05, 3.63) is 12.2 Å². The van der Waals surface area contributed by atoms with E-state index in [-0.39, 0.29) is 11.1 Å². The molecule has 4 fully saturated rings. The van der Waals surface area contributed by atoms with Crippen molar-refractivity contribution in [2.75, 3.05) is 19.8 Å². The molecule has 1 unspecified atom stereocenters. The van der Waals surface area contributed by atoms with Gasteiger partial charge in [0.15, 0.2) is 0 Å². The topological polar surface area (TPSA) is 32.7 Å². The molecule has 4 bridgehead atoms. The molecule has 3 heteroatoms. The molecule has 4 aliphatic carbocycles. The third kappa shape index (κ3) is 3.64. The van der Waals surface area contributed by atoms with Crippen LogP contribution in [0, 0.1) is 23.2 Å². The first-order valence-corrected chi connectivity index (χ1v) is 10.9. The smallest absolute Gasteiger partial charge is 0.0900 e. The van der Waals surface area contributed by atoms with E-state index in [0.717, 1.165) is 30.8 Å². The van der Waals surface area contributed by atoms with Gasteiger partial charge in [0.1, 0.15) is 0 Å². The minimum Gasteiger partial charge on any atom is -0.389 e. The highest BCUT2D eigenvalue weighted by molar-refractivity contribution is 5.13. The van der Waals surface area contributed by atoms with Crippen molar-refractivity contribution in [3.63, 3.8) is 0 Å². The Balaban J connectivity index is 1.29. The quantitative estimate of drug-likeness (QED) is 0.712. The first-order chi connectivity index (χ1) is 12.2. The Kier molecular flexibility index (Phi) is 4.81. The van der Waals surface area contributed by atoms with Gasteiger partial charge in [-0.2, -0.15) is 0 Å². The van der Waals surface area contributed by atoms with E-state index in [4.69, 9.17) is 4.74 Å². The summed E-state index contributed by atoms with van der Waals surface area (Å²) in [6, 6.07) is 0. The highest BCUT2D eigenvalue weighted by Crippen LogP contribution is 2.60. The molecule has 5 aliphatic rings. The lowest BCUT2D eigenvalue weighted by atomic mass is 9.50. The number of nitrogens with zero attached hydrogens (tertiary/aromatic N) is 1. The summed E-state index contributed by atoms with van der Waals surface area (Å²) in [5.41, 5.74) is 0.517. The summed E-state index contributed by atoms with van der Waals surface area (Å²) >= 11 is 0. The van der Waals surface area contributed by atoms with Gasteiger partial charge in [0.25, 0.3) is 0 Å². The van der Waals surface area contributed by atoms with Crippen molar-refractivity contribution in [1.29, 1.82) is 0 Å². The van der Waals surface area contributed by atoms with Crippen LogP contribution in [0.3, 0.4) is 0 Å². The summed E-state index contributed by atoms with van der Waals surface area (Å²) in [6.07, 6.45) is 13.8. The fraction of sp³-hybridized carbons (Fsp3) is 0.913. The number of hydrogen-bond donors (Lipinski definition) is 1. The average Bonchev–Trinajstić information content (AvgIpc) is 2.49. The molecule has 148 valence electrons. The van der Waals surface area contributed by atoms with Gasteiger partial charge in [0.2, 0.25) is 0 Å². The first-order valence-electron chi connectivity index (χ1n) is 10.9. The second-order valence-corrected chi connectivity index (χ2v) is 11.3. The van der Waals surface area contributed by atoms with E-state index < -0.39 is 6.10 Å². The zero-order valence-electron chi connectivity index (χ0n) is 17.3. The Hall–Kier alpha value is -0.380. The molecule has 0 aromatic rings. The molecule has 1 atom stereocenters. The molecular weight excluding hydrogens is 322 g/mol. The van der Waals surface area contributed by atoms with Crippen molar-refractivity contribution in [3.8, 4) is 0 Å². The molecule has 0 saturated heterocycles. The molecule has 0 aromatic carbocycles. The summed E-state index contributed by atoms with van der Waals surface area (Å²) in [5, 5.41) is 10.7. The monoisotopic (exact) mass is 361 g/mol. The molecular formula is C23H39NO2. The van der Waals surface area contributed by atoms with Gasteiger partial charge in [0, 0.05) is 17.6 Å². The number of aliphatic hydroxyl groups is 1. The van der Waals surface area contributed by atoms with Gasteiger partial charge < -0.3 is 9.84 Å². The van der Waals surface area contributed by atoms with Gasteiger partial charge in [-0.05, 0) is 95.8 Å². The van der Waals surface area contributed by atoms with Gasteiger partial charge >= 0.3 is 0 Å². The van der Waals surface area contributed by atoms with Gasteiger partial charge in [0.05, 0.1) is 19.3 Å². The lowest BCUT2D eigenvalue weighted by Gasteiger charge is -2.56. The van der Waals surface area contributed by atoms with Crippen LogP contribution in [0.4, 0.5) is 0 Å². The fourth-order valence-electron chi connectivity index (χ4n) is 7.24. The van der Waals surface area contributed by atoms with Crippen LogP contribution in [0.1, 0.15) is 72.6 Å². The maximum absolute atomic E-state index is 10.7. The summed E-state index contributed by atoms with van der Waals surface area (Å²) in [7, 11) is 0. The summed E-state index contributed by atoms with van der Waals surface area (Å²) < 4.78 is 6.16. The molecule has 0 radical (unpaired) electrons. The molecule has 0 aromatic heterocycles. The molecule has 0 spiro atoms. The van der Waals surface area contributed by atoms with Crippen molar-refractivity contribution in [2.24, 2.45) is 23.2 Å². The lowest BCUT2D eigenvalue weighted by Crippen LogP contribution is -2.59. The van der Waals surface area contributed by atoms with Crippen molar-refractivity contribution >= 4 is 0 Å². The van der Waals surface area contributed by atoms with Crippen LogP contribution in [-0.4, -0.2) is 46.9 Å². The van der Waals surface area contributed by atoms with Crippen LogP contribution in [-0.2, 0) is 4.74 Å². The van der Waals surface area contributed by atoms with Crippen LogP contribution in [0.15, 0.2) is 12.2 Å². The van der Waals surface area contributed by atoms with E-state index in [9.17, 15) is 5.11 Å². The van der Waals surface area contributed by atoms with Crippen molar-refractivity contribution in [2.45, 2.75) is 89.8 Å². The molecule has 0 amide bonds. The second kappa shape index (κ2) is 6.60. The van der Waals surface area contributed by atoms with Crippen LogP contribution in [0.25, 0.3) is 0 Å². The van der Waals surface area contributed by atoms with Gasteiger partial charge in [-0.25, -0.2) is 0 Å². The Morgan fingerprint density at radius 2 is 1.62 bits per heavy atom. The van der Waals surface area contributed by atoms with E-state index in [0.29, 0.717) is 18.6 Å². The Bertz CT molecular complexity index is 515. The van der Waals surface area contributed by atoms with E-state index in [1.54, 1.807) is 0 Å². The number of ether oxygens (including phenoxy) is 1. The van der Waals surface area contributed by atoms with Gasteiger partial charge in [-0.3, -0.25) is 4.90 Å². The number of rotatable bonds is 6. The predicted molar refractivity (Wildman–Crippen MR) is 106 cm³/mol. The number of β-amino-alcohol motifs (C(OH)–C–C–N with tert-alkyl or cyclic N) is 1. The van der Waals surface area contributed by atoms with Crippen molar-refractivity contribution < 1.29 is 9.84 Å². The van der Waals surface area contributed by atoms with E-state index in [2.05, 4.69) is 44.7 Å². The van der Waals surface area contributed by atoms with Crippen LogP contribution in [0.2, 0.25) is 0 Å². The Morgan fingerprint density at radius 1 is 1.04 bits per heavy atom. The van der Waals surface area contributed by atoms with Crippen LogP contribution in [0.5, 0.6) is 0 Å². The standard InChI is InChI=1S/C23H39NO2/c1-21(2)6-5-7-22(3,4)24(21)14-20(25)15-26-16-23-11-17-8-18(12-23)10-19(9-17)13-23/h5-6,17-20,25H,7-16H2,1-4H3. The number of hydrogen-bond acceptors (Lipinski definition) is 3. The van der Waals surface area contributed by atoms with E-state index in [1.165, 1.54) is 38.5 Å². The molecule has 1 N–H and O–H groups in total. The van der Waals surface area contributed by atoms with Crippen LogP contribution >= 0.6 is 0 Å². The normalized spacial score (nSPS) is 41.5. The third-order valence-electron chi connectivity index (χ3n) is 7.85. The largest absolute Gasteiger partial charge is 0.389 e. The Labute approximate surface area is 160 Å². The lowest BCUT2D eigenvalue weighted by molar-refractivity contribution is -0.110. The molecule has 1 aliphatic heterocycles. The second-order valence-electron chi connectivity index (χ2n) is 11.3. The third-order valence-corrected chi connectivity index (χ3v) is 7.85. The van der Waals surface area contributed by atoms with E-state index in [1.807, 2.05) is 0 Å². The Morgan fingerprint density at radius 3 is 2.15 bits per heavy atom. The minimum absolute atomic E-state index is 0.0113. The molecule has 5 rings (SSSR count). The highest BCUT2D eigenvalue weighted by Gasteiger charge is 2.51. The van der Waals surface area contributed by atoms with Gasteiger partial charge in [-0.1, -0.05) is 12.2 Å². The molecule has 4 saturated carbocycles. The zero-order valence-corrected chi connectivity index (χ0v) is 17.3. The molecule has 26 heavy (non-hydrogen) atoms. The molecule has 3 nitrogen and oxygen atoms in total. The predicted octanol–water partition coefficient (Wildman–Crippen LogP) is 4.40. The number of aliphatic hydroxyl groups excluding tert-OH is 1. The minimum atomic E-state index is -0.408. The van der Waals surface area contributed by atoms with Crippen molar-refractivity contribution in [1.82, 2.24) is 4.90 Å². The molecule has 1 heterocycles. The first kappa shape index (κ1) is 19.0. The maximum Gasteiger partial charge on any atom is 0.0900 e. The summed E-state index contributed by atoms with van der Waals surface area (Å²) in [4.78, 5) is 2.44. The van der Waals surface area contributed by atoms with Gasteiger partial charge in [-0.15, -0.1) is 0 Å². The summed E-state index contributed by atoms with van der Waals surface area (Å²) in [5.74, 6) is 2.91. The van der Waals surface area contributed by atoms with E-state index >= 15 is 0 Å².